The molecule has 0 aromatic heterocycles. The molecule has 0 aliphatic carbocycles. The molecule has 3 nitrogen and oxygen atoms in total. The number of likely N-dealkylation sites (tertiary alicyclic amines) is 1. The lowest BCUT2D eigenvalue weighted by atomic mass is 9.96. The summed E-state index contributed by atoms with van der Waals surface area (Å²) < 4.78 is 5.42. The lowest BCUT2D eigenvalue weighted by Crippen LogP contribution is -2.45. The smallest absolute Gasteiger partial charge is 0.0594 e. The molecule has 4 heteroatoms. The van der Waals surface area contributed by atoms with Gasteiger partial charge in [0.25, 0.3) is 0 Å². The summed E-state index contributed by atoms with van der Waals surface area (Å²) in [6.45, 7) is 12.3. The predicted molar refractivity (Wildman–Crippen MR) is 74.9 cm³/mol. The van der Waals surface area contributed by atoms with E-state index in [4.69, 9.17) is 4.74 Å². The van der Waals surface area contributed by atoms with Crippen molar-refractivity contribution < 1.29 is 4.74 Å². The number of thiol groups is 1. The first kappa shape index (κ1) is 13.7. The quantitative estimate of drug-likeness (QED) is 0.767. The maximum atomic E-state index is 5.42. The van der Waals surface area contributed by atoms with E-state index >= 15 is 0 Å². The third-order valence-electron chi connectivity index (χ3n) is 3.89. The van der Waals surface area contributed by atoms with Gasteiger partial charge in [-0.1, -0.05) is 13.8 Å². The summed E-state index contributed by atoms with van der Waals surface area (Å²) in [5, 5.41) is 0. The molecule has 2 heterocycles. The molecule has 2 saturated heterocycles. The molecule has 17 heavy (non-hydrogen) atoms. The van der Waals surface area contributed by atoms with Crippen LogP contribution < -0.4 is 0 Å². The first-order valence-electron chi connectivity index (χ1n) is 6.76. The minimum absolute atomic E-state index is 0.336. The van der Waals surface area contributed by atoms with Crippen LogP contribution in [0, 0.1) is 5.41 Å². The highest BCUT2D eigenvalue weighted by molar-refractivity contribution is 7.80. The van der Waals surface area contributed by atoms with E-state index in [0.717, 1.165) is 38.1 Å². The molecule has 0 N–H and O–H groups in total. The highest BCUT2D eigenvalue weighted by Gasteiger charge is 2.31. The maximum absolute atomic E-state index is 5.42. The van der Waals surface area contributed by atoms with Gasteiger partial charge in [0.1, 0.15) is 0 Å². The van der Waals surface area contributed by atoms with Gasteiger partial charge in [-0.2, -0.15) is 12.6 Å². The van der Waals surface area contributed by atoms with Gasteiger partial charge in [-0.25, -0.2) is 0 Å². The molecule has 0 spiro atoms. The summed E-state index contributed by atoms with van der Waals surface area (Å²) in [5.41, 5.74) is 0.336. The fourth-order valence-electron chi connectivity index (χ4n) is 2.85. The molecule has 0 radical (unpaired) electrons. The van der Waals surface area contributed by atoms with E-state index in [-0.39, 0.29) is 0 Å². The van der Waals surface area contributed by atoms with Crippen molar-refractivity contribution in [1.82, 2.24) is 9.80 Å². The normalized spacial score (nSPS) is 28.8. The number of ether oxygens (including phenoxy) is 1. The van der Waals surface area contributed by atoms with Crippen molar-refractivity contribution in [3.63, 3.8) is 0 Å². The zero-order chi connectivity index (χ0) is 12.3. The van der Waals surface area contributed by atoms with Gasteiger partial charge in [0.05, 0.1) is 13.2 Å². The minimum Gasteiger partial charge on any atom is -0.379 e. The Morgan fingerprint density at radius 2 is 1.94 bits per heavy atom. The Morgan fingerprint density at radius 3 is 2.59 bits per heavy atom. The van der Waals surface area contributed by atoms with Crippen LogP contribution in [0.3, 0.4) is 0 Å². The molecule has 0 saturated carbocycles. The molecular weight excluding hydrogens is 232 g/mol. The third-order valence-corrected chi connectivity index (χ3v) is 4.75. The van der Waals surface area contributed by atoms with Crippen molar-refractivity contribution in [2.24, 2.45) is 5.41 Å². The number of rotatable bonds is 4. The molecule has 2 fully saturated rings. The highest BCUT2D eigenvalue weighted by atomic mass is 32.1. The van der Waals surface area contributed by atoms with Crippen molar-refractivity contribution in [2.45, 2.75) is 26.3 Å². The SMILES string of the molecule is CC(C)(CS)CN1CCC(N2CCOCC2)C1. The van der Waals surface area contributed by atoms with E-state index in [0.29, 0.717) is 5.41 Å². The fourth-order valence-corrected chi connectivity index (χ4v) is 2.95. The maximum Gasteiger partial charge on any atom is 0.0594 e. The van der Waals surface area contributed by atoms with Crippen LogP contribution in [0.5, 0.6) is 0 Å². The summed E-state index contributed by atoms with van der Waals surface area (Å²) in [6.07, 6.45) is 1.32. The van der Waals surface area contributed by atoms with Gasteiger partial charge in [0.15, 0.2) is 0 Å². The third kappa shape index (κ3) is 3.85. The van der Waals surface area contributed by atoms with Crippen LogP contribution in [0.25, 0.3) is 0 Å². The van der Waals surface area contributed by atoms with E-state index in [1.165, 1.54) is 26.1 Å². The summed E-state index contributed by atoms with van der Waals surface area (Å²) >= 11 is 4.44. The Balaban J connectivity index is 1.78. The van der Waals surface area contributed by atoms with Crippen LogP contribution in [0.15, 0.2) is 0 Å². The standard InChI is InChI=1S/C13H26N2OS/c1-13(2,11-17)10-14-4-3-12(9-14)15-5-7-16-8-6-15/h12,17H,3-11H2,1-2H3. The van der Waals surface area contributed by atoms with Gasteiger partial charge in [0, 0.05) is 32.2 Å². The van der Waals surface area contributed by atoms with Crippen molar-refractivity contribution >= 4 is 12.6 Å². The van der Waals surface area contributed by atoms with Crippen LogP contribution >= 0.6 is 12.6 Å². The van der Waals surface area contributed by atoms with E-state index in [1.54, 1.807) is 0 Å². The van der Waals surface area contributed by atoms with Crippen molar-refractivity contribution in [1.29, 1.82) is 0 Å². The first-order valence-corrected chi connectivity index (χ1v) is 7.39. The summed E-state index contributed by atoms with van der Waals surface area (Å²) in [6, 6.07) is 0.759. The van der Waals surface area contributed by atoms with Gasteiger partial charge in [0.2, 0.25) is 0 Å². The zero-order valence-corrected chi connectivity index (χ0v) is 12.1. The second-order valence-corrected chi connectivity index (χ2v) is 6.46. The number of morpholine rings is 1. The second kappa shape index (κ2) is 5.91. The molecule has 0 aromatic rings. The Hall–Kier alpha value is 0.230. The number of hydrogen-bond donors (Lipinski definition) is 1. The average molecular weight is 258 g/mol. The molecule has 0 amide bonds. The van der Waals surface area contributed by atoms with Crippen LogP contribution in [0.2, 0.25) is 0 Å². The molecule has 2 aliphatic rings. The first-order chi connectivity index (χ1) is 8.11. The molecule has 1 unspecified atom stereocenters. The highest BCUT2D eigenvalue weighted by Crippen LogP contribution is 2.23. The molecule has 100 valence electrons. The number of hydrogen-bond acceptors (Lipinski definition) is 4. The van der Waals surface area contributed by atoms with Gasteiger partial charge in [-0.3, -0.25) is 4.90 Å². The summed E-state index contributed by atoms with van der Waals surface area (Å²) in [4.78, 5) is 5.22. The molecule has 0 bridgehead atoms. The Morgan fingerprint density at radius 1 is 1.24 bits per heavy atom. The van der Waals surface area contributed by atoms with Crippen molar-refractivity contribution in [3.05, 3.63) is 0 Å². The average Bonchev–Trinajstić information content (AvgIpc) is 2.78. The summed E-state index contributed by atoms with van der Waals surface area (Å²) in [5.74, 6) is 0.964. The van der Waals surface area contributed by atoms with Gasteiger partial charge < -0.3 is 9.64 Å². The monoisotopic (exact) mass is 258 g/mol. The van der Waals surface area contributed by atoms with Crippen LogP contribution in [0.4, 0.5) is 0 Å². The van der Waals surface area contributed by atoms with E-state index in [9.17, 15) is 0 Å². The van der Waals surface area contributed by atoms with Gasteiger partial charge in [-0.15, -0.1) is 0 Å². The lowest BCUT2D eigenvalue weighted by Gasteiger charge is -2.33. The van der Waals surface area contributed by atoms with E-state index in [2.05, 4.69) is 36.3 Å². The van der Waals surface area contributed by atoms with E-state index < -0.39 is 0 Å². The summed E-state index contributed by atoms with van der Waals surface area (Å²) in [7, 11) is 0. The Kier molecular flexibility index (Phi) is 4.75. The lowest BCUT2D eigenvalue weighted by molar-refractivity contribution is 0.0179. The fraction of sp³-hybridized carbons (Fsp3) is 1.00. The molecule has 2 rings (SSSR count). The van der Waals surface area contributed by atoms with Crippen LogP contribution in [-0.4, -0.2) is 67.5 Å². The molecular formula is C13H26N2OS. The Labute approximate surface area is 111 Å². The van der Waals surface area contributed by atoms with Crippen molar-refractivity contribution in [2.75, 3.05) is 51.7 Å². The molecule has 0 aromatic carbocycles. The zero-order valence-electron chi connectivity index (χ0n) is 11.2. The number of nitrogens with zero attached hydrogens (tertiary/aromatic N) is 2. The van der Waals surface area contributed by atoms with Crippen LogP contribution in [-0.2, 0) is 4.74 Å². The topological polar surface area (TPSA) is 15.7 Å². The van der Waals surface area contributed by atoms with Crippen molar-refractivity contribution in [3.8, 4) is 0 Å². The second-order valence-electron chi connectivity index (χ2n) is 6.15. The predicted octanol–water partition coefficient (Wildman–Crippen LogP) is 1.35. The largest absolute Gasteiger partial charge is 0.379 e. The Bertz CT molecular complexity index is 242. The molecule has 2 aliphatic heterocycles. The van der Waals surface area contributed by atoms with Gasteiger partial charge in [-0.05, 0) is 24.1 Å². The molecule has 1 atom stereocenters. The van der Waals surface area contributed by atoms with Gasteiger partial charge >= 0.3 is 0 Å². The van der Waals surface area contributed by atoms with Crippen LogP contribution in [0.1, 0.15) is 20.3 Å². The minimum atomic E-state index is 0.336. The van der Waals surface area contributed by atoms with E-state index in [1.807, 2.05) is 0 Å².